The lowest BCUT2D eigenvalue weighted by molar-refractivity contribution is -0.143. The van der Waals surface area contributed by atoms with Crippen molar-refractivity contribution in [3.05, 3.63) is 29.3 Å². The molecule has 0 bridgehead atoms. The average Bonchev–Trinajstić information content (AvgIpc) is 3.35. The molecule has 2 saturated heterocycles. The Morgan fingerprint density at radius 3 is 2.45 bits per heavy atom. The van der Waals surface area contributed by atoms with Crippen LogP contribution in [-0.2, 0) is 23.9 Å². The van der Waals surface area contributed by atoms with Crippen molar-refractivity contribution in [2.24, 2.45) is 5.92 Å². The number of nitrogens with one attached hydrogen (secondary N) is 3. The highest BCUT2D eigenvalue weighted by atomic mass is 35.5. The smallest absolute Gasteiger partial charge is 0.415 e. The maximum absolute atomic E-state index is 14.1. The van der Waals surface area contributed by atoms with Crippen LogP contribution in [0.4, 0.5) is 15.3 Å². The van der Waals surface area contributed by atoms with Gasteiger partial charge in [-0.15, -0.1) is 0 Å². The van der Waals surface area contributed by atoms with E-state index in [1.54, 1.807) is 24.3 Å². The van der Waals surface area contributed by atoms with Gasteiger partial charge in [-0.25, -0.2) is 9.59 Å². The van der Waals surface area contributed by atoms with Gasteiger partial charge >= 0.3 is 12.2 Å². The predicted octanol–water partition coefficient (Wildman–Crippen LogP) is 2.60. The second kappa shape index (κ2) is 13.0. The Bertz CT molecular complexity index is 1330. The summed E-state index contributed by atoms with van der Waals surface area (Å²) in [6.45, 7) is 1.67. The van der Waals surface area contributed by atoms with Gasteiger partial charge < -0.3 is 30.7 Å². The molecule has 1 spiro atoms. The monoisotopic (exact) mass is 631 g/mol. The summed E-state index contributed by atoms with van der Waals surface area (Å²) in [4.78, 5) is 81.0. The van der Waals surface area contributed by atoms with E-state index in [9.17, 15) is 33.9 Å². The van der Waals surface area contributed by atoms with E-state index in [4.69, 9.17) is 16.3 Å². The van der Waals surface area contributed by atoms with Crippen molar-refractivity contribution >= 4 is 53.0 Å². The molecule has 2 aliphatic carbocycles. The molecule has 13 nitrogen and oxygen atoms in total. The van der Waals surface area contributed by atoms with Gasteiger partial charge in [-0.3, -0.25) is 24.1 Å². The van der Waals surface area contributed by atoms with Crippen LogP contribution in [0.3, 0.4) is 0 Å². The minimum absolute atomic E-state index is 0.0152. The minimum atomic E-state index is -1.36. The molecule has 0 aromatic heterocycles. The number of rotatable bonds is 11. The first-order chi connectivity index (χ1) is 21.0. The number of ether oxygens (including phenoxy) is 1. The highest BCUT2D eigenvalue weighted by Gasteiger charge is 2.58. The van der Waals surface area contributed by atoms with Gasteiger partial charge in [-0.05, 0) is 56.2 Å². The first-order valence-electron chi connectivity index (χ1n) is 15.2. The lowest BCUT2D eigenvalue weighted by atomic mass is 9.96. The van der Waals surface area contributed by atoms with Crippen LogP contribution in [0.15, 0.2) is 24.3 Å². The molecule has 5 rings (SSSR count). The van der Waals surface area contributed by atoms with Crippen molar-refractivity contribution in [3.63, 3.8) is 0 Å². The normalized spacial score (nSPS) is 24.6. The summed E-state index contributed by atoms with van der Waals surface area (Å²) in [5.74, 6) is -3.07. The van der Waals surface area contributed by atoms with Gasteiger partial charge in [0.1, 0.15) is 12.1 Å². The van der Waals surface area contributed by atoms with Crippen molar-refractivity contribution in [3.8, 4) is 0 Å². The Morgan fingerprint density at radius 2 is 1.82 bits per heavy atom. The third-order valence-electron chi connectivity index (χ3n) is 8.84. The Morgan fingerprint density at radius 1 is 1.09 bits per heavy atom. The van der Waals surface area contributed by atoms with E-state index in [1.165, 1.54) is 9.80 Å². The Kier molecular flexibility index (Phi) is 9.33. The number of anilines is 1. The van der Waals surface area contributed by atoms with Crippen molar-refractivity contribution in [2.45, 2.75) is 94.5 Å². The standard InChI is InChI=1S/C30H38ClN5O8/c1-2-6-21(24(37)26(39)32-19-11-12-19)33-25(38)22-14-30(15-35(29(43)44-30)20-10-5-9-18(31)13-20)16-36(22)27(40)23(34-28(41)42)17-7-3-4-8-17/h5,9-10,13,17,19,21-23,34H,2-4,6-8,11-12,14-16H2,1H3,(H,32,39)(H,33,38)(H,41,42). The topological polar surface area (TPSA) is 174 Å². The maximum Gasteiger partial charge on any atom is 0.415 e. The van der Waals surface area contributed by atoms with Gasteiger partial charge in [0, 0.05) is 23.2 Å². The number of hydrogen-bond acceptors (Lipinski definition) is 7. The molecule has 4 aliphatic rings. The molecule has 2 aliphatic heterocycles. The van der Waals surface area contributed by atoms with E-state index < -0.39 is 59.4 Å². The third kappa shape index (κ3) is 6.92. The van der Waals surface area contributed by atoms with Crippen LogP contribution in [0.5, 0.6) is 0 Å². The molecule has 4 fully saturated rings. The van der Waals surface area contributed by atoms with Crippen molar-refractivity contribution < 1.29 is 38.6 Å². The van der Waals surface area contributed by atoms with E-state index >= 15 is 0 Å². The number of nitrogens with zero attached hydrogens (tertiary/aromatic N) is 2. The molecular weight excluding hydrogens is 594 g/mol. The van der Waals surface area contributed by atoms with Crippen LogP contribution in [-0.4, -0.2) is 88.6 Å². The fourth-order valence-electron chi connectivity index (χ4n) is 6.52. The number of Topliss-reactive ketones (excluding diaryl/α,β-unsaturated/α-hetero) is 1. The maximum atomic E-state index is 14.1. The molecule has 2 saturated carbocycles. The highest BCUT2D eigenvalue weighted by molar-refractivity contribution is 6.38. The summed E-state index contributed by atoms with van der Waals surface area (Å²) in [7, 11) is 0. The number of carboxylic acid groups (broad SMARTS) is 1. The van der Waals surface area contributed by atoms with Crippen LogP contribution in [0, 0.1) is 5.92 Å². The quantitative estimate of drug-likeness (QED) is 0.270. The number of hydrogen-bond donors (Lipinski definition) is 4. The summed E-state index contributed by atoms with van der Waals surface area (Å²) in [5.41, 5.74) is -0.800. The van der Waals surface area contributed by atoms with Gasteiger partial charge in [-0.1, -0.05) is 43.9 Å². The SMILES string of the molecule is CCCC(NC(=O)C1CC2(CN(c3cccc(Cl)c3)C(=O)O2)CN1C(=O)C(NC(=O)O)C1CCCC1)C(=O)C(=O)NC1CC1. The van der Waals surface area contributed by atoms with Crippen LogP contribution in [0.2, 0.25) is 5.02 Å². The van der Waals surface area contributed by atoms with Crippen LogP contribution in [0.1, 0.15) is 64.7 Å². The van der Waals surface area contributed by atoms with Crippen LogP contribution < -0.4 is 20.9 Å². The van der Waals surface area contributed by atoms with Gasteiger partial charge in [0.05, 0.1) is 19.1 Å². The average molecular weight is 632 g/mol. The molecule has 44 heavy (non-hydrogen) atoms. The molecule has 4 N–H and O–H groups in total. The zero-order valence-corrected chi connectivity index (χ0v) is 25.3. The molecule has 4 atom stereocenters. The van der Waals surface area contributed by atoms with Gasteiger partial charge in [0.2, 0.25) is 17.6 Å². The molecule has 14 heteroatoms. The second-order valence-electron chi connectivity index (χ2n) is 12.2. The van der Waals surface area contributed by atoms with E-state index in [-0.39, 0.29) is 37.9 Å². The third-order valence-corrected chi connectivity index (χ3v) is 9.07. The van der Waals surface area contributed by atoms with E-state index in [1.807, 2.05) is 6.92 Å². The summed E-state index contributed by atoms with van der Waals surface area (Å²) < 4.78 is 5.85. The lowest BCUT2D eigenvalue weighted by Gasteiger charge is -2.31. The number of halogens is 1. The number of carbonyl (C=O) groups is 6. The fourth-order valence-corrected chi connectivity index (χ4v) is 6.70. The molecule has 1 aromatic rings. The Labute approximate surface area is 260 Å². The minimum Gasteiger partial charge on any atom is -0.465 e. The van der Waals surface area contributed by atoms with E-state index in [0.29, 0.717) is 30.0 Å². The largest absolute Gasteiger partial charge is 0.465 e. The zero-order valence-electron chi connectivity index (χ0n) is 24.6. The first kappa shape index (κ1) is 31.6. The number of carbonyl (C=O) groups excluding carboxylic acids is 5. The fraction of sp³-hybridized carbons (Fsp3) is 0.600. The van der Waals surface area contributed by atoms with Gasteiger partial charge in [-0.2, -0.15) is 0 Å². The molecule has 4 unspecified atom stereocenters. The molecule has 1 aromatic carbocycles. The highest BCUT2D eigenvalue weighted by Crippen LogP contribution is 2.40. The lowest BCUT2D eigenvalue weighted by Crippen LogP contribution is -2.57. The summed E-state index contributed by atoms with van der Waals surface area (Å²) in [6.07, 6.45) is 3.16. The van der Waals surface area contributed by atoms with Gasteiger partial charge in [0.15, 0.2) is 5.60 Å². The van der Waals surface area contributed by atoms with Crippen molar-refractivity contribution in [1.82, 2.24) is 20.9 Å². The Hall–Kier alpha value is -3.87. The molecular formula is C30H38ClN5O8. The van der Waals surface area contributed by atoms with Crippen molar-refractivity contribution in [2.75, 3.05) is 18.0 Å². The number of likely N-dealkylation sites (tertiary alicyclic amines) is 1. The summed E-state index contributed by atoms with van der Waals surface area (Å²) in [5, 5.41) is 17.7. The first-order valence-corrected chi connectivity index (χ1v) is 15.6. The van der Waals surface area contributed by atoms with Gasteiger partial charge in [0.25, 0.3) is 5.91 Å². The number of ketones is 1. The summed E-state index contributed by atoms with van der Waals surface area (Å²) >= 11 is 6.15. The van der Waals surface area contributed by atoms with E-state index in [2.05, 4.69) is 16.0 Å². The number of benzene rings is 1. The predicted molar refractivity (Wildman–Crippen MR) is 158 cm³/mol. The second-order valence-corrected chi connectivity index (χ2v) is 12.7. The zero-order chi connectivity index (χ0) is 31.6. The molecule has 2 heterocycles. The Balaban J connectivity index is 1.42. The van der Waals surface area contributed by atoms with Crippen LogP contribution in [0.25, 0.3) is 0 Å². The molecule has 238 valence electrons. The van der Waals surface area contributed by atoms with Crippen molar-refractivity contribution in [1.29, 1.82) is 0 Å². The molecule has 0 radical (unpaired) electrons. The van der Waals surface area contributed by atoms with Crippen LogP contribution >= 0.6 is 11.6 Å². The molecule has 5 amide bonds. The summed E-state index contributed by atoms with van der Waals surface area (Å²) in [6, 6.07) is 3.20. The number of amides is 5. The van der Waals surface area contributed by atoms with E-state index in [0.717, 1.165) is 25.7 Å².